The first kappa shape index (κ1) is 25.2. The van der Waals surface area contributed by atoms with Crippen LogP contribution in [0.5, 0.6) is 0 Å². The molecule has 0 atom stereocenters. The van der Waals surface area contributed by atoms with E-state index in [-0.39, 0.29) is 21.7 Å². The van der Waals surface area contributed by atoms with Crippen LogP contribution in [-0.4, -0.2) is 17.0 Å². The van der Waals surface area contributed by atoms with E-state index in [1.807, 2.05) is 38.2 Å². The van der Waals surface area contributed by atoms with Crippen molar-refractivity contribution in [1.29, 1.82) is 0 Å². The molecule has 4 aliphatic carbocycles. The average Bonchev–Trinajstić information content (AvgIpc) is 3.53. The summed E-state index contributed by atoms with van der Waals surface area (Å²) in [4.78, 5) is 0. The molecule has 3 fully saturated rings. The predicted molar refractivity (Wildman–Crippen MR) is 128 cm³/mol. The fraction of sp³-hybridized carbons (Fsp3) is 0.692. The minimum absolute atomic E-state index is 0. The van der Waals surface area contributed by atoms with Crippen molar-refractivity contribution in [2.24, 2.45) is 4.74 Å². The molecule has 0 amide bonds. The van der Waals surface area contributed by atoms with E-state index in [0.717, 1.165) is 23.4 Å². The zero-order chi connectivity index (χ0) is 19.7. The Morgan fingerprint density at radius 1 is 0.759 bits per heavy atom. The fourth-order valence-electron chi connectivity index (χ4n) is 6.05. The summed E-state index contributed by atoms with van der Waals surface area (Å²) in [5.74, 6) is 0. The molecular formula is C26H42NPTi. The minimum atomic E-state index is -1.17. The third-order valence-electron chi connectivity index (χ3n) is 7.28. The maximum atomic E-state index is 5.76. The number of hydrogen-bond acceptors (Lipinski definition) is 1. The summed E-state index contributed by atoms with van der Waals surface area (Å²) in [5, 5.41) is 0. The normalized spacial score (nSPS) is 23.6. The quantitative estimate of drug-likeness (QED) is 0.227. The van der Waals surface area contributed by atoms with Gasteiger partial charge in [-0.1, -0.05) is 75.0 Å². The van der Waals surface area contributed by atoms with Crippen LogP contribution in [0.15, 0.2) is 53.0 Å². The van der Waals surface area contributed by atoms with Crippen molar-refractivity contribution in [1.82, 2.24) is 0 Å². The monoisotopic (exact) mass is 447 g/mol. The first-order chi connectivity index (χ1) is 13.8. The van der Waals surface area contributed by atoms with Gasteiger partial charge in [0.2, 0.25) is 0 Å². The Morgan fingerprint density at radius 3 is 1.48 bits per heavy atom. The standard InChI is InChI=1S/C20H32NP.C6H10.Ti/c1-2-10-17(9-1)21-22(18-11-3-4-12-18,19-13-5-6-14-19)20-15-7-8-16-20;1-3-5-6-4-2;/h1-2,9,18-20H,3-8,10-16H2;3-6H,1-2H3;. The average molecular weight is 447 g/mol. The van der Waals surface area contributed by atoms with Crippen LogP contribution in [-0.2, 0) is 21.7 Å². The number of allylic oxidation sites excluding steroid dienone is 7. The molecule has 0 aromatic rings. The van der Waals surface area contributed by atoms with Crippen LogP contribution < -0.4 is 0 Å². The SMILES string of the molecule is C1=CCC(N=P(C2CCCC2)(C2CCCC2)C2CCCC2)=C1.CC=CC=CC.[Ti]. The van der Waals surface area contributed by atoms with Gasteiger partial charge in [0, 0.05) is 33.8 Å². The van der Waals surface area contributed by atoms with E-state index < -0.39 is 7.05 Å². The van der Waals surface area contributed by atoms with Gasteiger partial charge in [-0.15, -0.1) is 0 Å². The Labute approximate surface area is 195 Å². The molecule has 1 nitrogen and oxygen atoms in total. The molecule has 4 aliphatic rings. The minimum Gasteiger partial charge on any atom is -0.271 e. The Kier molecular flexibility index (Phi) is 11.6. The maximum absolute atomic E-state index is 5.76. The molecule has 0 N–H and O–H groups in total. The third kappa shape index (κ3) is 6.44. The van der Waals surface area contributed by atoms with Crippen molar-refractivity contribution in [2.75, 3.05) is 0 Å². The topological polar surface area (TPSA) is 12.4 Å². The van der Waals surface area contributed by atoms with Gasteiger partial charge in [-0.25, -0.2) is 0 Å². The summed E-state index contributed by atoms with van der Waals surface area (Å²) in [6.45, 7) is 4.00. The van der Waals surface area contributed by atoms with Crippen LogP contribution in [0.25, 0.3) is 0 Å². The molecule has 0 heterocycles. The van der Waals surface area contributed by atoms with Gasteiger partial charge in [-0.3, -0.25) is 4.74 Å². The molecule has 0 aromatic heterocycles. The first-order valence-corrected chi connectivity index (χ1v) is 14.0. The van der Waals surface area contributed by atoms with Gasteiger partial charge in [0.1, 0.15) is 0 Å². The first-order valence-electron chi connectivity index (χ1n) is 12.0. The molecule has 0 bridgehead atoms. The molecule has 0 aliphatic heterocycles. The van der Waals surface area contributed by atoms with E-state index >= 15 is 0 Å². The van der Waals surface area contributed by atoms with Crippen LogP contribution in [0.4, 0.5) is 0 Å². The van der Waals surface area contributed by atoms with Crippen molar-refractivity contribution in [3.8, 4) is 0 Å². The molecule has 0 spiro atoms. The van der Waals surface area contributed by atoms with Gasteiger partial charge in [-0.05, 0) is 82.5 Å². The molecule has 4 rings (SSSR count). The van der Waals surface area contributed by atoms with Crippen molar-refractivity contribution >= 4 is 7.05 Å². The summed E-state index contributed by atoms with van der Waals surface area (Å²) in [6.07, 6.45) is 33.9. The van der Waals surface area contributed by atoms with Crippen molar-refractivity contribution < 1.29 is 21.7 Å². The third-order valence-corrected chi connectivity index (χ3v) is 12.9. The van der Waals surface area contributed by atoms with E-state index in [2.05, 4.69) is 18.2 Å². The van der Waals surface area contributed by atoms with Crippen LogP contribution in [0, 0.1) is 0 Å². The molecule has 0 unspecified atom stereocenters. The Hall–Kier alpha value is -0.0957. The van der Waals surface area contributed by atoms with E-state index in [1.165, 1.54) is 82.7 Å². The van der Waals surface area contributed by atoms with Crippen LogP contribution in [0.3, 0.4) is 0 Å². The second kappa shape index (κ2) is 13.3. The number of rotatable bonds is 5. The van der Waals surface area contributed by atoms with Crippen LogP contribution in [0.2, 0.25) is 0 Å². The van der Waals surface area contributed by atoms with Gasteiger partial charge < -0.3 is 0 Å². The van der Waals surface area contributed by atoms with E-state index in [1.54, 1.807) is 0 Å². The molecule has 0 aromatic carbocycles. The Balaban J connectivity index is 0.000000379. The van der Waals surface area contributed by atoms with Gasteiger partial charge >= 0.3 is 0 Å². The summed E-state index contributed by atoms with van der Waals surface area (Å²) >= 11 is 0. The smallest absolute Gasteiger partial charge is 0.0425 e. The van der Waals surface area contributed by atoms with E-state index in [4.69, 9.17) is 4.74 Å². The van der Waals surface area contributed by atoms with Crippen LogP contribution in [0.1, 0.15) is 97.3 Å². The molecule has 0 radical (unpaired) electrons. The molecule has 160 valence electrons. The second-order valence-electron chi connectivity index (χ2n) is 9.05. The van der Waals surface area contributed by atoms with Crippen molar-refractivity contribution in [2.45, 2.75) is 114 Å². The second-order valence-corrected chi connectivity index (χ2v) is 13.0. The van der Waals surface area contributed by atoms with Crippen molar-refractivity contribution in [3.63, 3.8) is 0 Å². The number of nitrogens with zero attached hydrogens (tertiary/aromatic N) is 1. The van der Waals surface area contributed by atoms with Crippen LogP contribution >= 0.6 is 7.05 Å². The van der Waals surface area contributed by atoms with E-state index in [9.17, 15) is 0 Å². The predicted octanol–water partition coefficient (Wildman–Crippen LogP) is 9.00. The largest absolute Gasteiger partial charge is 0.271 e. The summed E-state index contributed by atoms with van der Waals surface area (Å²) in [5.41, 5.74) is 4.44. The molecule has 3 saturated carbocycles. The molecule has 0 saturated heterocycles. The summed E-state index contributed by atoms with van der Waals surface area (Å²) < 4.78 is 5.76. The number of hydrogen-bond donors (Lipinski definition) is 0. The molecule has 29 heavy (non-hydrogen) atoms. The zero-order valence-electron chi connectivity index (χ0n) is 18.9. The Bertz CT molecular complexity index is 582. The summed E-state index contributed by atoms with van der Waals surface area (Å²) in [7, 11) is -1.17. The summed E-state index contributed by atoms with van der Waals surface area (Å²) in [6, 6.07) is 0. The zero-order valence-corrected chi connectivity index (χ0v) is 21.3. The van der Waals surface area contributed by atoms with E-state index in [0.29, 0.717) is 0 Å². The van der Waals surface area contributed by atoms with Crippen molar-refractivity contribution in [3.05, 3.63) is 48.2 Å². The molecule has 3 heteroatoms. The van der Waals surface area contributed by atoms with Gasteiger partial charge in [-0.2, -0.15) is 0 Å². The fourth-order valence-corrected chi connectivity index (χ4v) is 12.5. The Morgan fingerprint density at radius 2 is 1.17 bits per heavy atom. The van der Waals surface area contributed by atoms with Gasteiger partial charge in [0.15, 0.2) is 0 Å². The van der Waals surface area contributed by atoms with Gasteiger partial charge in [0.05, 0.1) is 0 Å². The molecular weight excluding hydrogens is 405 g/mol. The van der Waals surface area contributed by atoms with Gasteiger partial charge in [0.25, 0.3) is 0 Å². The maximum Gasteiger partial charge on any atom is 0.0425 e.